The Kier molecular flexibility index (Phi) is 7.39. The zero-order valence-corrected chi connectivity index (χ0v) is 30.6. The van der Waals surface area contributed by atoms with E-state index in [1.807, 2.05) is 11.3 Å². The van der Waals surface area contributed by atoms with E-state index in [0.29, 0.717) is 0 Å². The van der Waals surface area contributed by atoms with Gasteiger partial charge in [-0.2, -0.15) is 0 Å². The van der Waals surface area contributed by atoms with Gasteiger partial charge in [0.2, 0.25) is 0 Å². The summed E-state index contributed by atoms with van der Waals surface area (Å²) in [5, 5.41) is 7.21. The number of hydrogen-bond donors (Lipinski definition) is 0. The molecule has 0 amide bonds. The van der Waals surface area contributed by atoms with E-state index in [2.05, 4.69) is 205 Å². The van der Waals surface area contributed by atoms with Crippen LogP contribution in [-0.4, -0.2) is 0 Å². The number of hydrogen-bond acceptors (Lipinski definition) is 3. The fraction of sp³-hybridized carbons (Fsp3) is 0. The van der Waals surface area contributed by atoms with Crippen LogP contribution in [0, 0.1) is 0 Å². The van der Waals surface area contributed by atoms with E-state index in [9.17, 15) is 0 Å². The highest BCUT2D eigenvalue weighted by molar-refractivity contribution is 7.25. The molecule has 0 aliphatic rings. The van der Waals surface area contributed by atoms with E-state index in [-0.39, 0.29) is 0 Å². The fourth-order valence-corrected chi connectivity index (χ4v) is 9.45. The Balaban J connectivity index is 1.07. The van der Waals surface area contributed by atoms with Crippen LogP contribution < -0.4 is 4.90 Å². The van der Waals surface area contributed by atoms with E-state index in [4.69, 9.17) is 4.42 Å². The summed E-state index contributed by atoms with van der Waals surface area (Å²) in [6, 6.07) is 72.1. The van der Waals surface area contributed by atoms with Gasteiger partial charge < -0.3 is 9.32 Å². The molecule has 0 fully saturated rings. The molecule has 0 bridgehead atoms. The summed E-state index contributed by atoms with van der Waals surface area (Å²) in [6.45, 7) is 0. The van der Waals surface area contributed by atoms with Gasteiger partial charge in [0.15, 0.2) is 0 Å². The zero-order chi connectivity index (χ0) is 36.3. The Morgan fingerprint density at radius 2 is 1.00 bits per heavy atom. The van der Waals surface area contributed by atoms with Crippen molar-refractivity contribution in [2.45, 2.75) is 0 Å². The molecule has 0 spiro atoms. The molecule has 0 atom stereocenters. The summed E-state index contributed by atoms with van der Waals surface area (Å²) < 4.78 is 9.21. The SMILES string of the molecule is c1ccc(-c2cccc(N(c3ccc(-c4cccc5sc6ccccc6c45)cc3)c3cccc(-c4cccc5oc6c7ccccc7ccc6c45)c3)c2)cc1. The van der Waals surface area contributed by atoms with Gasteiger partial charge in [0, 0.05) is 53.4 Å². The van der Waals surface area contributed by atoms with Gasteiger partial charge in [-0.05, 0) is 99.4 Å². The maximum absolute atomic E-state index is 6.58. The highest BCUT2D eigenvalue weighted by atomic mass is 32.1. The molecule has 0 saturated carbocycles. The number of anilines is 3. The average molecular weight is 720 g/mol. The second kappa shape index (κ2) is 12.9. The Morgan fingerprint density at radius 1 is 0.364 bits per heavy atom. The zero-order valence-electron chi connectivity index (χ0n) is 29.8. The molecule has 0 aliphatic heterocycles. The lowest BCUT2D eigenvalue weighted by molar-refractivity contribution is 0.673. The van der Waals surface area contributed by atoms with Crippen LogP contribution in [-0.2, 0) is 0 Å². The highest BCUT2D eigenvalue weighted by Crippen LogP contribution is 2.44. The summed E-state index contributed by atoms with van der Waals surface area (Å²) in [5.74, 6) is 0. The third kappa shape index (κ3) is 5.32. The van der Waals surface area contributed by atoms with Crippen LogP contribution in [0.1, 0.15) is 0 Å². The molecule has 0 saturated heterocycles. The van der Waals surface area contributed by atoms with Crippen molar-refractivity contribution in [2.75, 3.05) is 4.90 Å². The van der Waals surface area contributed by atoms with Crippen molar-refractivity contribution in [3.63, 3.8) is 0 Å². The lowest BCUT2D eigenvalue weighted by Gasteiger charge is -2.27. The Hall–Kier alpha value is -6.94. The number of furan rings is 1. The first-order valence-electron chi connectivity index (χ1n) is 18.7. The lowest BCUT2D eigenvalue weighted by atomic mass is 9.97. The summed E-state index contributed by atoms with van der Waals surface area (Å²) in [6.07, 6.45) is 0. The minimum atomic E-state index is 0.894. The molecule has 0 unspecified atom stereocenters. The molecule has 11 rings (SSSR count). The van der Waals surface area contributed by atoms with Gasteiger partial charge in [0.25, 0.3) is 0 Å². The van der Waals surface area contributed by atoms with Crippen molar-refractivity contribution in [3.8, 4) is 33.4 Å². The topological polar surface area (TPSA) is 16.4 Å². The van der Waals surface area contributed by atoms with Crippen molar-refractivity contribution >= 4 is 81.3 Å². The second-order valence-corrected chi connectivity index (χ2v) is 15.2. The average Bonchev–Trinajstić information content (AvgIpc) is 3.84. The molecule has 9 aromatic carbocycles. The van der Waals surface area contributed by atoms with Gasteiger partial charge in [-0.3, -0.25) is 0 Å². The Labute approximate surface area is 322 Å². The van der Waals surface area contributed by atoms with Gasteiger partial charge >= 0.3 is 0 Å². The lowest BCUT2D eigenvalue weighted by Crippen LogP contribution is -2.10. The van der Waals surface area contributed by atoms with Crippen LogP contribution in [0.15, 0.2) is 205 Å². The standard InChI is InChI=1S/C52H33NOS/c1-2-12-34(13-3-1)37-15-8-17-40(32-37)53(39-29-26-36(27-30-39)42-22-11-25-49-51(42)45-20-6-7-24-48(45)55-49)41-18-9-16-38(33-41)43-21-10-23-47-50(43)46-31-28-35-14-4-5-19-44(35)52(46)54-47/h1-33H. The summed E-state index contributed by atoms with van der Waals surface area (Å²) in [7, 11) is 0. The number of benzene rings is 9. The highest BCUT2D eigenvalue weighted by Gasteiger charge is 2.19. The van der Waals surface area contributed by atoms with Crippen molar-refractivity contribution in [2.24, 2.45) is 0 Å². The molecule has 55 heavy (non-hydrogen) atoms. The van der Waals surface area contributed by atoms with Crippen LogP contribution >= 0.6 is 11.3 Å². The predicted molar refractivity (Wildman–Crippen MR) is 235 cm³/mol. The van der Waals surface area contributed by atoms with E-state index in [1.165, 1.54) is 47.8 Å². The van der Waals surface area contributed by atoms with Crippen molar-refractivity contribution in [1.82, 2.24) is 0 Å². The molecule has 258 valence electrons. The minimum Gasteiger partial charge on any atom is -0.455 e. The van der Waals surface area contributed by atoms with Crippen LogP contribution in [0.2, 0.25) is 0 Å². The van der Waals surface area contributed by atoms with E-state index >= 15 is 0 Å². The molecule has 2 heterocycles. The normalized spacial score (nSPS) is 11.6. The smallest absolute Gasteiger partial charge is 0.143 e. The van der Waals surface area contributed by atoms with Crippen LogP contribution in [0.25, 0.3) is 86.3 Å². The van der Waals surface area contributed by atoms with Gasteiger partial charge in [-0.15, -0.1) is 11.3 Å². The third-order valence-electron chi connectivity index (χ3n) is 10.9. The summed E-state index contributed by atoms with van der Waals surface area (Å²) in [4.78, 5) is 2.38. The molecular formula is C52H33NOS. The molecule has 3 heteroatoms. The van der Waals surface area contributed by atoms with Gasteiger partial charge in [0.05, 0.1) is 0 Å². The van der Waals surface area contributed by atoms with Gasteiger partial charge in [0.1, 0.15) is 11.2 Å². The molecule has 11 aromatic rings. The quantitative estimate of drug-likeness (QED) is 0.170. The molecule has 2 aromatic heterocycles. The van der Waals surface area contributed by atoms with Crippen LogP contribution in [0.3, 0.4) is 0 Å². The molecule has 0 radical (unpaired) electrons. The second-order valence-electron chi connectivity index (χ2n) is 14.1. The van der Waals surface area contributed by atoms with Crippen LogP contribution in [0.4, 0.5) is 17.1 Å². The molecule has 0 N–H and O–H groups in total. The number of thiophene rings is 1. The maximum Gasteiger partial charge on any atom is 0.143 e. The monoisotopic (exact) mass is 719 g/mol. The predicted octanol–water partition coefficient (Wildman–Crippen LogP) is 15.6. The summed E-state index contributed by atoms with van der Waals surface area (Å²) in [5.41, 5.74) is 12.2. The van der Waals surface area contributed by atoms with E-state index in [0.717, 1.165) is 55.5 Å². The van der Waals surface area contributed by atoms with E-state index < -0.39 is 0 Å². The largest absolute Gasteiger partial charge is 0.455 e. The first kappa shape index (κ1) is 31.6. The first-order chi connectivity index (χ1) is 27.3. The number of rotatable bonds is 6. The van der Waals surface area contributed by atoms with Gasteiger partial charge in [-0.1, -0.05) is 140 Å². The first-order valence-corrected chi connectivity index (χ1v) is 19.5. The summed E-state index contributed by atoms with van der Waals surface area (Å²) >= 11 is 1.86. The van der Waals surface area contributed by atoms with E-state index in [1.54, 1.807) is 0 Å². The number of fused-ring (bicyclic) bond motifs is 8. The Bertz CT molecular complexity index is 3210. The minimum absolute atomic E-state index is 0.894. The van der Waals surface area contributed by atoms with Gasteiger partial charge in [-0.25, -0.2) is 0 Å². The Morgan fingerprint density at radius 3 is 1.84 bits per heavy atom. The number of nitrogens with zero attached hydrogens (tertiary/aromatic N) is 1. The molecule has 0 aliphatic carbocycles. The third-order valence-corrected chi connectivity index (χ3v) is 12.0. The van der Waals surface area contributed by atoms with Crippen molar-refractivity contribution < 1.29 is 4.42 Å². The van der Waals surface area contributed by atoms with Crippen LogP contribution in [0.5, 0.6) is 0 Å². The van der Waals surface area contributed by atoms with Crippen molar-refractivity contribution in [3.05, 3.63) is 200 Å². The molecular weight excluding hydrogens is 687 g/mol. The fourth-order valence-electron chi connectivity index (χ4n) is 8.31. The molecule has 2 nitrogen and oxygen atoms in total. The maximum atomic E-state index is 6.58. The van der Waals surface area contributed by atoms with Crippen molar-refractivity contribution in [1.29, 1.82) is 0 Å².